The Balaban J connectivity index is 2.65. The Hall–Kier alpha value is -2.77. The van der Waals surface area contributed by atoms with Gasteiger partial charge in [0.15, 0.2) is 18.2 Å². The Morgan fingerprint density at radius 3 is 2.95 bits per heavy atom. The first-order chi connectivity index (χ1) is 9.00. The van der Waals surface area contributed by atoms with Crippen molar-refractivity contribution in [1.82, 2.24) is 4.98 Å². The highest BCUT2D eigenvalue weighted by Gasteiger charge is 2.21. The van der Waals surface area contributed by atoms with Gasteiger partial charge in [-0.3, -0.25) is 15.1 Å². The number of benzene rings is 1. The highest BCUT2D eigenvalue weighted by Crippen LogP contribution is 2.34. The predicted octanol–water partition coefficient (Wildman–Crippen LogP) is 1.75. The number of hydrogen-bond donors (Lipinski definition) is 1. The molecule has 0 atom stereocenters. The van der Waals surface area contributed by atoms with Gasteiger partial charge in [-0.2, -0.15) is 0 Å². The van der Waals surface area contributed by atoms with Crippen molar-refractivity contribution >= 4 is 22.6 Å². The quantitative estimate of drug-likeness (QED) is 0.667. The third kappa shape index (κ3) is 2.41. The molecule has 0 spiro atoms. The summed E-state index contributed by atoms with van der Waals surface area (Å²) in [5.74, 6) is -2.73. The lowest BCUT2D eigenvalue weighted by atomic mass is 10.1. The monoisotopic (exact) mass is 266 g/mol. The molecule has 0 saturated carbocycles. The lowest BCUT2D eigenvalue weighted by Crippen LogP contribution is -2.11. The predicted molar refractivity (Wildman–Crippen MR) is 61.5 cm³/mol. The lowest BCUT2D eigenvalue weighted by Gasteiger charge is -2.08. The Kier molecular flexibility index (Phi) is 3.23. The molecule has 1 aromatic carbocycles. The van der Waals surface area contributed by atoms with Crippen molar-refractivity contribution in [3.05, 3.63) is 40.3 Å². The summed E-state index contributed by atoms with van der Waals surface area (Å²) < 4.78 is 18.5. The smallest absolute Gasteiger partial charge is 0.341 e. The van der Waals surface area contributed by atoms with Crippen LogP contribution in [-0.2, 0) is 4.79 Å². The highest BCUT2D eigenvalue weighted by atomic mass is 19.1. The van der Waals surface area contributed by atoms with Crippen molar-refractivity contribution in [2.24, 2.45) is 0 Å². The maximum atomic E-state index is 13.7. The third-order valence-electron chi connectivity index (χ3n) is 2.32. The molecule has 98 valence electrons. The first-order valence-corrected chi connectivity index (χ1v) is 5.07. The Bertz CT molecular complexity index is 673. The van der Waals surface area contributed by atoms with Crippen molar-refractivity contribution in [3.8, 4) is 5.75 Å². The van der Waals surface area contributed by atoms with Crippen LogP contribution in [0.25, 0.3) is 10.9 Å². The molecule has 1 N–H and O–H groups in total. The van der Waals surface area contributed by atoms with Gasteiger partial charge in [0, 0.05) is 6.20 Å². The molecule has 8 heteroatoms. The number of rotatable bonds is 4. The largest absolute Gasteiger partial charge is 0.479 e. The summed E-state index contributed by atoms with van der Waals surface area (Å²) in [6.45, 7) is -0.763. The number of nitrogens with zero attached hydrogens (tertiary/aromatic N) is 2. The second kappa shape index (κ2) is 4.84. The second-order valence-corrected chi connectivity index (χ2v) is 3.55. The minimum Gasteiger partial charge on any atom is -0.479 e. The lowest BCUT2D eigenvalue weighted by molar-refractivity contribution is -0.383. The van der Waals surface area contributed by atoms with Gasteiger partial charge >= 0.3 is 5.97 Å². The number of carboxylic acid groups (broad SMARTS) is 1. The summed E-state index contributed by atoms with van der Waals surface area (Å²) in [7, 11) is 0. The molecular formula is C11H7FN2O5. The van der Waals surface area contributed by atoms with Crippen LogP contribution >= 0.6 is 0 Å². The molecule has 2 aromatic rings. The number of halogens is 1. The van der Waals surface area contributed by atoms with Crippen LogP contribution < -0.4 is 4.74 Å². The molecule has 7 nitrogen and oxygen atoms in total. The number of carbonyl (C=O) groups is 1. The zero-order valence-electron chi connectivity index (χ0n) is 9.37. The molecule has 0 aliphatic rings. The summed E-state index contributed by atoms with van der Waals surface area (Å²) in [5.41, 5.74) is -0.543. The van der Waals surface area contributed by atoms with Crippen LogP contribution in [0.3, 0.4) is 0 Å². The molecule has 0 aliphatic heterocycles. The van der Waals surface area contributed by atoms with Crippen LogP contribution in [0.4, 0.5) is 10.1 Å². The fourth-order valence-electron chi connectivity index (χ4n) is 1.59. The Labute approximate surface area is 105 Å². The Morgan fingerprint density at radius 2 is 2.32 bits per heavy atom. The molecule has 1 aromatic heterocycles. The van der Waals surface area contributed by atoms with E-state index in [1.807, 2.05) is 0 Å². The molecule has 0 bridgehead atoms. The van der Waals surface area contributed by atoms with E-state index in [-0.39, 0.29) is 10.9 Å². The SMILES string of the molecule is O=C(O)COc1c(F)cc([N+](=O)[O-])c2cccnc12. The average Bonchev–Trinajstić information content (AvgIpc) is 2.36. The number of fused-ring (bicyclic) bond motifs is 1. The maximum absolute atomic E-state index is 13.7. The van der Waals surface area contributed by atoms with Crippen molar-refractivity contribution in [2.45, 2.75) is 0 Å². The number of non-ortho nitro benzene ring substituents is 1. The number of nitro benzene ring substituents is 1. The standard InChI is InChI=1S/C11H7FN2O5/c12-7-4-8(14(17)18)6-2-1-3-13-10(6)11(7)19-5-9(15)16/h1-4H,5H2,(H,15,16). The van der Waals surface area contributed by atoms with E-state index in [0.717, 1.165) is 0 Å². The summed E-state index contributed by atoms with van der Waals surface area (Å²) in [6.07, 6.45) is 1.30. The van der Waals surface area contributed by atoms with Gasteiger partial charge in [-0.05, 0) is 12.1 Å². The van der Waals surface area contributed by atoms with E-state index in [2.05, 4.69) is 4.98 Å². The van der Waals surface area contributed by atoms with Crippen LogP contribution in [0.2, 0.25) is 0 Å². The van der Waals surface area contributed by atoms with Gasteiger partial charge in [-0.25, -0.2) is 9.18 Å². The van der Waals surface area contributed by atoms with E-state index in [1.54, 1.807) is 0 Å². The highest BCUT2D eigenvalue weighted by molar-refractivity contribution is 5.92. The molecule has 19 heavy (non-hydrogen) atoms. The van der Waals surface area contributed by atoms with Crippen molar-refractivity contribution in [3.63, 3.8) is 0 Å². The number of carboxylic acids is 1. The van der Waals surface area contributed by atoms with Crippen molar-refractivity contribution < 1.29 is 24.0 Å². The van der Waals surface area contributed by atoms with Crippen molar-refractivity contribution in [2.75, 3.05) is 6.61 Å². The number of aliphatic carboxylic acids is 1. The van der Waals surface area contributed by atoms with Crippen LogP contribution in [0.1, 0.15) is 0 Å². The number of ether oxygens (including phenoxy) is 1. The Morgan fingerprint density at radius 1 is 1.58 bits per heavy atom. The van der Waals surface area contributed by atoms with E-state index in [4.69, 9.17) is 9.84 Å². The summed E-state index contributed by atoms with van der Waals surface area (Å²) >= 11 is 0. The van der Waals surface area contributed by atoms with Gasteiger partial charge in [0.25, 0.3) is 5.69 Å². The van der Waals surface area contributed by atoms with Gasteiger partial charge in [-0.15, -0.1) is 0 Å². The number of aromatic nitrogens is 1. The number of hydrogen-bond acceptors (Lipinski definition) is 5. The maximum Gasteiger partial charge on any atom is 0.341 e. The van der Waals surface area contributed by atoms with E-state index in [1.165, 1.54) is 18.3 Å². The molecule has 0 radical (unpaired) electrons. The molecule has 2 rings (SSSR count). The van der Waals surface area contributed by atoms with Gasteiger partial charge in [-0.1, -0.05) is 0 Å². The summed E-state index contributed by atoms with van der Waals surface area (Å²) in [5, 5.41) is 19.4. The summed E-state index contributed by atoms with van der Waals surface area (Å²) in [6, 6.07) is 3.52. The first-order valence-electron chi connectivity index (χ1n) is 5.07. The third-order valence-corrected chi connectivity index (χ3v) is 2.32. The van der Waals surface area contributed by atoms with Crippen molar-refractivity contribution in [1.29, 1.82) is 0 Å². The fourth-order valence-corrected chi connectivity index (χ4v) is 1.59. The fraction of sp³-hybridized carbons (Fsp3) is 0.0909. The molecule has 0 unspecified atom stereocenters. The number of nitro groups is 1. The van der Waals surface area contributed by atoms with E-state index in [9.17, 15) is 19.3 Å². The van der Waals surface area contributed by atoms with E-state index < -0.39 is 34.8 Å². The van der Waals surface area contributed by atoms with Crippen LogP contribution in [0.5, 0.6) is 5.75 Å². The van der Waals surface area contributed by atoms with Gasteiger partial charge < -0.3 is 9.84 Å². The topological polar surface area (TPSA) is 103 Å². The number of pyridine rings is 1. The summed E-state index contributed by atoms with van der Waals surface area (Å²) in [4.78, 5) is 24.3. The average molecular weight is 266 g/mol. The van der Waals surface area contributed by atoms with Crippen LogP contribution in [0.15, 0.2) is 24.4 Å². The molecular weight excluding hydrogens is 259 g/mol. The second-order valence-electron chi connectivity index (χ2n) is 3.55. The van der Waals surface area contributed by atoms with Gasteiger partial charge in [0.05, 0.1) is 16.4 Å². The normalized spacial score (nSPS) is 10.4. The van der Waals surface area contributed by atoms with Gasteiger partial charge in [0.2, 0.25) is 0 Å². The molecule has 0 saturated heterocycles. The minimum absolute atomic E-state index is 0.0780. The molecule has 0 fully saturated rings. The first kappa shape index (κ1) is 12.7. The zero-order chi connectivity index (χ0) is 14.0. The van der Waals surface area contributed by atoms with E-state index >= 15 is 0 Å². The molecule has 0 amide bonds. The molecule has 1 heterocycles. The molecule has 0 aliphatic carbocycles. The van der Waals surface area contributed by atoms with Crippen LogP contribution in [-0.4, -0.2) is 27.6 Å². The van der Waals surface area contributed by atoms with E-state index in [0.29, 0.717) is 6.07 Å². The van der Waals surface area contributed by atoms with Crippen LogP contribution in [0, 0.1) is 15.9 Å². The van der Waals surface area contributed by atoms with Gasteiger partial charge in [0.1, 0.15) is 5.52 Å². The minimum atomic E-state index is -1.29. The zero-order valence-corrected chi connectivity index (χ0v) is 9.37.